The highest BCUT2D eigenvalue weighted by Crippen LogP contribution is 2.27. The van der Waals surface area contributed by atoms with E-state index in [0.717, 1.165) is 6.07 Å². The van der Waals surface area contributed by atoms with E-state index in [1.807, 2.05) is 0 Å². The van der Waals surface area contributed by atoms with Gasteiger partial charge in [0.1, 0.15) is 10.6 Å². The zero-order valence-corrected chi connectivity index (χ0v) is 8.74. The average Bonchev–Trinajstić information content (AvgIpc) is 2.01. The van der Waals surface area contributed by atoms with E-state index in [4.69, 9.17) is 22.3 Å². The van der Waals surface area contributed by atoms with Crippen LogP contribution >= 0.6 is 22.3 Å². The fraction of sp³-hybridized carbons (Fsp3) is 0.167. The maximum absolute atomic E-state index is 12.1. The Kier molecular flexibility index (Phi) is 3.28. The van der Waals surface area contributed by atoms with Crippen molar-refractivity contribution in [3.63, 3.8) is 0 Å². The molecule has 0 bridgehead atoms. The molecule has 8 heteroatoms. The van der Waals surface area contributed by atoms with Gasteiger partial charge in [-0.3, -0.25) is 4.98 Å². The number of alkyl halides is 2. The highest BCUT2D eigenvalue weighted by atomic mass is 35.7. The van der Waals surface area contributed by atoms with Gasteiger partial charge in [0.05, 0.1) is 5.02 Å². The smallest absolute Gasteiger partial charge is 0.254 e. The molecule has 0 saturated heterocycles. The Bertz CT molecular complexity index is 449. The number of pyridine rings is 1. The van der Waals surface area contributed by atoms with E-state index in [0.29, 0.717) is 6.20 Å². The molecule has 0 aromatic carbocycles. The summed E-state index contributed by atoms with van der Waals surface area (Å²) in [7, 11) is 0.913. The van der Waals surface area contributed by atoms with Gasteiger partial charge in [0.2, 0.25) is 0 Å². The van der Waals surface area contributed by atoms with Crippen molar-refractivity contribution in [3.8, 4) is 0 Å². The Morgan fingerprint density at radius 3 is 2.36 bits per heavy atom. The summed E-state index contributed by atoms with van der Waals surface area (Å²) in [6, 6.07) is 0.765. The molecule has 0 aliphatic rings. The van der Waals surface area contributed by atoms with Gasteiger partial charge >= 0.3 is 0 Å². The van der Waals surface area contributed by atoms with Crippen LogP contribution in [0, 0.1) is 0 Å². The topological polar surface area (TPSA) is 47.0 Å². The van der Waals surface area contributed by atoms with Crippen molar-refractivity contribution in [2.75, 3.05) is 0 Å². The summed E-state index contributed by atoms with van der Waals surface area (Å²) < 4.78 is 45.7. The van der Waals surface area contributed by atoms with E-state index >= 15 is 0 Å². The predicted molar refractivity (Wildman–Crippen MR) is 47.2 cm³/mol. The molecule has 1 rings (SSSR count). The Labute approximate surface area is 88.1 Å². The van der Waals surface area contributed by atoms with Gasteiger partial charge in [-0.2, -0.15) is 0 Å². The molecule has 0 fully saturated rings. The quantitative estimate of drug-likeness (QED) is 0.769. The first-order valence-electron chi connectivity index (χ1n) is 3.20. The predicted octanol–water partition coefficient (Wildman–Crippen LogP) is 2.60. The SMILES string of the molecule is O=S(=O)(Cl)c1cnc(C(F)F)cc1Cl. The molecule has 0 spiro atoms. The summed E-state index contributed by atoms with van der Waals surface area (Å²) in [4.78, 5) is 2.73. The zero-order valence-electron chi connectivity index (χ0n) is 6.42. The second-order valence-electron chi connectivity index (χ2n) is 2.28. The summed E-state index contributed by atoms with van der Waals surface area (Å²) in [5.41, 5.74) is -0.598. The lowest BCUT2D eigenvalue weighted by molar-refractivity contribution is 0.146. The summed E-state index contributed by atoms with van der Waals surface area (Å²) in [6.45, 7) is 0. The summed E-state index contributed by atoms with van der Waals surface area (Å²) in [5.74, 6) is 0. The van der Waals surface area contributed by atoms with Gasteiger partial charge in [-0.1, -0.05) is 11.6 Å². The lowest BCUT2D eigenvalue weighted by atomic mass is 10.4. The first-order chi connectivity index (χ1) is 6.32. The molecule has 0 saturated carbocycles. The van der Waals surface area contributed by atoms with Crippen LogP contribution in [0.25, 0.3) is 0 Å². The molecule has 0 aliphatic heterocycles. The van der Waals surface area contributed by atoms with E-state index in [1.165, 1.54) is 0 Å². The van der Waals surface area contributed by atoms with E-state index in [9.17, 15) is 17.2 Å². The Hall–Kier alpha value is -0.460. The molecule has 1 heterocycles. The van der Waals surface area contributed by atoms with Gasteiger partial charge in [0.25, 0.3) is 15.5 Å². The summed E-state index contributed by atoms with van der Waals surface area (Å²) >= 11 is 5.42. The molecule has 78 valence electrons. The summed E-state index contributed by atoms with van der Waals surface area (Å²) in [6.07, 6.45) is -2.11. The third-order valence-corrected chi connectivity index (χ3v) is 3.10. The first kappa shape index (κ1) is 11.6. The number of nitrogens with zero attached hydrogens (tertiary/aromatic N) is 1. The van der Waals surface area contributed by atoms with Crippen molar-refractivity contribution in [2.45, 2.75) is 11.3 Å². The van der Waals surface area contributed by atoms with Crippen LogP contribution in [0.3, 0.4) is 0 Å². The molecule has 1 aromatic heterocycles. The molecule has 1 aromatic rings. The minimum Gasteiger partial charge on any atom is -0.254 e. The van der Waals surface area contributed by atoms with Crippen molar-refractivity contribution < 1.29 is 17.2 Å². The molecular weight excluding hydrogens is 259 g/mol. The van der Waals surface area contributed by atoms with Crippen LogP contribution in [0.1, 0.15) is 12.1 Å². The van der Waals surface area contributed by atoms with Gasteiger partial charge in [-0.05, 0) is 6.07 Å². The van der Waals surface area contributed by atoms with Gasteiger partial charge in [-0.15, -0.1) is 0 Å². The van der Waals surface area contributed by atoms with Crippen molar-refractivity contribution in [2.24, 2.45) is 0 Å². The van der Waals surface area contributed by atoms with Gasteiger partial charge < -0.3 is 0 Å². The number of halogens is 4. The Morgan fingerprint density at radius 1 is 1.43 bits per heavy atom. The van der Waals surface area contributed by atoms with Gasteiger partial charge in [0, 0.05) is 16.9 Å². The maximum atomic E-state index is 12.1. The van der Waals surface area contributed by atoms with Crippen molar-refractivity contribution in [1.29, 1.82) is 0 Å². The molecule has 0 amide bonds. The molecule has 14 heavy (non-hydrogen) atoms. The van der Waals surface area contributed by atoms with Crippen LogP contribution < -0.4 is 0 Å². The van der Waals surface area contributed by atoms with Gasteiger partial charge in [0.15, 0.2) is 0 Å². The van der Waals surface area contributed by atoms with Crippen molar-refractivity contribution in [1.82, 2.24) is 4.98 Å². The third-order valence-electron chi connectivity index (χ3n) is 1.33. The normalized spacial score (nSPS) is 12.1. The minimum atomic E-state index is -4.04. The molecule has 0 aliphatic carbocycles. The molecule has 0 N–H and O–H groups in total. The molecular formula is C6H3Cl2F2NO2S. The average molecular weight is 262 g/mol. The van der Waals surface area contributed by atoms with Crippen LogP contribution in [0.15, 0.2) is 17.2 Å². The summed E-state index contributed by atoms with van der Waals surface area (Å²) in [5, 5.41) is -0.370. The van der Waals surface area contributed by atoms with Crippen molar-refractivity contribution >= 4 is 31.3 Å². The highest BCUT2D eigenvalue weighted by Gasteiger charge is 2.18. The number of aromatic nitrogens is 1. The van der Waals surface area contributed by atoms with Crippen LogP contribution in [0.5, 0.6) is 0 Å². The Morgan fingerprint density at radius 2 is 2.00 bits per heavy atom. The van der Waals surface area contributed by atoms with Gasteiger partial charge in [-0.25, -0.2) is 17.2 Å². The van der Waals surface area contributed by atoms with Crippen LogP contribution in [0.4, 0.5) is 8.78 Å². The second kappa shape index (κ2) is 3.96. The monoisotopic (exact) mass is 261 g/mol. The minimum absolute atomic E-state index is 0.370. The Balaban J connectivity index is 3.28. The fourth-order valence-electron chi connectivity index (χ4n) is 0.732. The first-order valence-corrected chi connectivity index (χ1v) is 5.89. The van der Waals surface area contributed by atoms with Crippen molar-refractivity contribution in [3.05, 3.63) is 23.0 Å². The lowest BCUT2D eigenvalue weighted by Crippen LogP contribution is -1.97. The fourth-order valence-corrected chi connectivity index (χ4v) is 2.15. The molecule has 0 unspecified atom stereocenters. The van der Waals surface area contributed by atoms with E-state index in [-0.39, 0.29) is 5.02 Å². The molecule has 0 atom stereocenters. The maximum Gasteiger partial charge on any atom is 0.280 e. The number of hydrogen-bond donors (Lipinski definition) is 0. The zero-order chi connectivity index (χ0) is 10.9. The number of hydrogen-bond acceptors (Lipinski definition) is 3. The van der Waals surface area contributed by atoms with Crippen LogP contribution in [0.2, 0.25) is 5.02 Å². The van der Waals surface area contributed by atoms with E-state index < -0.39 is 26.1 Å². The lowest BCUT2D eigenvalue weighted by Gasteiger charge is -2.02. The largest absolute Gasteiger partial charge is 0.280 e. The highest BCUT2D eigenvalue weighted by molar-refractivity contribution is 8.13. The second-order valence-corrected chi connectivity index (χ2v) is 5.22. The molecule has 3 nitrogen and oxygen atoms in total. The van der Waals surface area contributed by atoms with Crippen LogP contribution in [-0.4, -0.2) is 13.4 Å². The third kappa shape index (κ3) is 2.52. The van der Waals surface area contributed by atoms with E-state index in [2.05, 4.69) is 4.98 Å². The van der Waals surface area contributed by atoms with Crippen LogP contribution in [-0.2, 0) is 9.05 Å². The number of rotatable bonds is 2. The van der Waals surface area contributed by atoms with E-state index in [1.54, 1.807) is 0 Å². The molecule has 0 radical (unpaired) electrons. The standard InChI is InChI=1S/C6H3Cl2F2NO2S/c7-3-1-4(6(9)10)11-2-5(3)14(8,12)13/h1-2,6H.